The summed E-state index contributed by atoms with van der Waals surface area (Å²) in [6, 6.07) is 10.4. The number of anilines is 1. The third kappa shape index (κ3) is 3.60. The van der Waals surface area contributed by atoms with Crippen molar-refractivity contribution in [1.82, 2.24) is 0 Å². The van der Waals surface area contributed by atoms with Gasteiger partial charge in [0.2, 0.25) is 0 Å². The maximum Gasteiger partial charge on any atom is 0.164 e. The SMILES string of the molecule is Cc1ccccc1CSC1=N[C@H]2CS(=O)(=O)C[C@@H]2N1c1ccc(F)cc1F. The molecule has 0 amide bonds. The fourth-order valence-corrected chi connectivity index (χ4v) is 6.54. The highest BCUT2D eigenvalue weighted by Gasteiger charge is 2.47. The molecule has 2 aliphatic rings. The summed E-state index contributed by atoms with van der Waals surface area (Å²) in [5.74, 6) is -0.865. The van der Waals surface area contributed by atoms with Crippen LogP contribution in [0, 0.1) is 18.6 Å². The number of halogens is 2. The Balaban J connectivity index is 1.66. The Morgan fingerprint density at radius 2 is 1.96 bits per heavy atom. The average Bonchev–Trinajstić information content (AvgIpc) is 3.06. The smallest absolute Gasteiger partial charge is 0.164 e. The zero-order valence-corrected chi connectivity index (χ0v) is 16.2. The molecule has 27 heavy (non-hydrogen) atoms. The van der Waals surface area contributed by atoms with E-state index < -0.39 is 33.6 Å². The summed E-state index contributed by atoms with van der Waals surface area (Å²) in [6.45, 7) is 2.02. The quantitative estimate of drug-likeness (QED) is 0.779. The highest BCUT2D eigenvalue weighted by molar-refractivity contribution is 8.13. The summed E-state index contributed by atoms with van der Waals surface area (Å²) in [5, 5.41) is 0.577. The molecule has 0 N–H and O–H groups in total. The molecule has 0 radical (unpaired) electrons. The van der Waals surface area contributed by atoms with E-state index in [1.807, 2.05) is 31.2 Å². The monoisotopic (exact) mass is 408 g/mol. The average molecular weight is 408 g/mol. The highest BCUT2D eigenvalue weighted by atomic mass is 32.2. The number of thioether (sulfide) groups is 1. The van der Waals surface area contributed by atoms with E-state index in [2.05, 4.69) is 4.99 Å². The van der Waals surface area contributed by atoms with Gasteiger partial charge in [-0.1, -0.05) is 36.0 Å². The van der Waals surface area contributed by atoms with Gasteiger partial charge >= 0.3 is 0 Å². The molecule has 2 aliphatic heterocycles. The van der Waals surface area contributed by atoms with Gasteiger partial charge in [0, 0.05) is 11.8 Å². The van der Waals surface area contributed by atoms with Crippen LogP contribution in [-0.2, 0) is 15.6 Å². The normalized spacial score (nSPS) is 23.4. The van der Waals surface area contributed by atoms with Crippen molar-refractivity contribution in [2.24, 2.45) is 4.99 Å². The lowest BCUT2D eigenvalue weighted by Gasteiger charge is -2.27. The minimum Gasteiger partial charge on any atom is -0.312 e. The third-order valence-electron chi connectivity index (χ3n) is 4.89. The number of benzene rings is 2. The van der Waals surface area contributed by atoms with Crippen molar-refractivity contribution in [2.45, 2.75) is 24.8 Å². The molecule has 2 atom stereocenters. The largest absolute Gasteiger partial charge is 0.312 e. The Kier molecular flexibility index (Phi) is 4.71. The Labute approximate surface area is 161 Å². The van der Waals surface area contributed by atoms with Crippen LogP contribution < -0.4 is 4.90 Å². The topological polar surface area (TPSA) is 49.7 Å². The van der Waals surface area contributed by atoms with Gasteiger partial charge in [0.25, 0.3) is 0 Å². The van der Waals surface area contributed by atoms with Crippen LogP contribution in [-0.4, -0.2) is 37.2 Å². The van der Waals surface area contributed by atoms with Gasteiger partial charge in [-0.3, -0.25) is 4.99 Å². The van der Waals surface area contributed by atoms with Gasteiger partial charge in [-0.15, -0.1) is 0 Å². The number of sulfone groups is 1. The number of hydrogen-bond acceptors (Lipinski definition) is 5. The molecular formula is C19H18F2N2O2S2. The van der Waals surface area contributed by atoms with Crippen LogP contribution in [0.4, 0.5) is 14.5 Å². The highest BCUT2D eigenvalue weighted by Crippen LogP contribution is 2.37. The number of rotatable bonds is 3. The van der Waals surface area contributed by atoms with Crippen LogP contribution in [0.1, 0.15) is 11.1 Å². The Bertz CT molecular complexity index is 1020. The fraction of sp³-hybridized carbons (Fsp3) is 0.316. The van der Waals surface area contributed by atoms with Gasteiger partial charge in [-0.25, -0.2) is 17.2 Å². The molecule has 2 heterocycles. The lowest BCUT2D eigenvalue weighted by molar-refractivity contribution is 0.577. The van der Waals surface area contributed by atoms with E-state index in [4.69, 9.17) is 0 Å². The molecule has 0 aromatic heterocycles. The van der Waals surface area contributed by atoms with Crippen molar-refractivity contribution < 1.29 is 17.2 Å². The first kappa shape index (κ1) is 18.4. The predicted octanol–water partition coefficient (Wildman–Crippen LogP) is 3.55. The van der Waals surface area contributed by atoms with E-state index in [0.717, 1.165) is 17.2 Å². The van der Waals surface area contributed by atoms with Crippen molar-refractivity contribution in [1.29, 1.82) is 0 Å². The van der Waals surface area contributed by atoms with E-state index in [1.165, 1.54) is 23.9 Å². The van der Waals surface area contributed by atoms with E-state index in [0.29, 0.717) is 10.9 Å². The Hall–Kier alpha value is -1.93. The number of aryl methyl sites for hydroxylation is 1. The molecule has 0 spiro atoms. The molecule has 1 fully saturated rings. The third-order valence-corrected chi connectivity index (χ3v) is 7.61. The first-order valence-electron chi connectivity index (χ1n) is 8.54. The Morgan fingerprint density at radius 1 is 1.19 bits per heavy atom. The predicted molar refractivity (Wildman–Crippen MR) is 105 cm³/mol. The minimum atomic E-state index is -3.22. The maximum absolute atomic E-state index is 14.5. The van der Waals surface area contributed by atoms with Crippen LogP contribution >= 0.6 is 11.8 Å². The van der Waals surface area contributed by atoms with Crippen molar-refractivity contribution in [3.8, 4) is 0 Å². The standard InChI is InChI=1S/C19H18F2N2O2S2/c1-12-4-2-3-5-13(12)9-26-19-22-16-10-27(24,25)11-18(16)23(19)17-7-6-14(20)8-15(17)21/h2-8,16,18H,9-11H2,1H3/t16-,18-/m0/s1. The molecule has 0 unspecified atom stereocenters. The molecule has 1 saturated heterocycles. The molecule has 2 aromatic rings. The molecule has 2 aromatic carbocycles. The molecule has 8 heteroatoms. The molecule has 4 nitrogen and oxygen atoms in total. The van der Waals surface area contributed by atoms with Gasteiger partial charge in [-0.05, 0) is 30.2 Å². The van der Waals surface area contributed by atoms with Gasteiger partial charge in [-0.2, -0.15) is 0 Å². The van der Waals surface area contributed by atoms with Gasteiger partial charge in [0.1, 0.15) is 11.6 Å². The second-order valence-electron chi connectivity index (χ2n) is 6.80. The summed E-state index contributed by atoms with van der Waals surface area (Å²) < 4.78 is 51.9. The van der Waals surface area contributed by atoms with Crippen LogP contribution in [0.15, 0.2) is 47.5 Å². The lowest BCUT2D eigenvalue weighted by atomic mass is 10.1. The number of amidine groups is 1. The van der Waals surface area contributed by atoms with Crippen molar-refractivity contribution in [3.05, 3.63) is 65.2 Å². The fourth-order valence-electron chi connectivity index (χ4n) is 3.51. The zero-order chi connectivity index (χ0) is 19.2. The molecule has 142 valence electrons. The molecule has 4 rings (SSSR count). The molecular weight excluding hydrogens is 390 g/mol. The number of nitrogens with zero attached hydrogens (tertiary/aromatic N) is 2. The zero-order valence-electron chi connectivity index (χ0n) is 14.6. The second-order valence-corrected chi connectivity index (χ2v) is 9.90. The lowest BCUT2D eigenvalue weighted by Crippen LogP contribution is -2.39. The first-order chi connectivity index (χ1) is 12.8. The molecule has 0 bridgehead atoms. The summed E-state index contributed by atoms with van der Waals surface area (Å²) in [4.78, 5) is 6.21. The number of hydrogen-bond donors (Lipinski definition) is 0. The van der Waals surface area contributed by atoms with Crippen molar-refractivity contribution in [3.63, 3.8) is 0 Å². The van der Waals surface area contributed by atoms with E-state index in [1.54, 1.807) is 4.90 Å². The minimum absolute atomic E-state index is 0.0363. The summed E-state index contributed by atoms with van der Waals surface area (Å²) in [6.07, 6.45) is 0. The van der Waals surface area contributed by atoms with Gasteiger partial charge in [0.15, 0.2) is 15.0 Å². The summed E-state index contributed by atoms with van der Waals surface area (Å²) in [5.41, 5.74) is 2.44. The van der Waals surface area contributed by atoms with Crippen LogP contribution in [0.25, 0.3) is 0 Å². The van der Waals surface area contributed by atoms with E-state index in [9.17, 15) is 17.2 Å². The maximum atomic E-state index is 14.5. The number of fused-ring (bicyclic) bond motifs is 1. The van der Waals surface area contributed by atoms with E-state index in [-0.39, 0.29) is 17.2 Å². The van der Waals surface area contributed by atoms with Crippen LogP contribution in [0.2, 0.25) is 0 Å². The first-order valence-corrected chi connectivity index (χ1v) is 11.3. The summed E-state index contributed by atoms with van der Waals surface area (Å²) in [7, 11) is -3.22. The molecule has 0 saturated carbocycles. The van der Waals surface area contributed by atoms with Crippen LogP contribution in [0.5, 0.6) is 0 Å². The molecule has 0 aliphatic carbocycles. The van der Waals surface area contributed by atoms with Crippen molar-refractivity contribution in [2.75, 3.05) is 16.4 Å². The van der Waals surface area contributed by atoms with Gasteiger partial charge in [0.05, 0.1) is 29.3 Å². The van der Waals surface area contributed by atoms with E-state index >= 15 is 0 Å². The second kappa shape index (κ2) is 6.91. The number of aliphatic imine (C=N–C) groups is 1. The van der Waals surface area contributed by atoms with Gasteiger partial charge < -0.3 is 4.90 Å². The Morgan fingerprint density at radius 3 is 2.70 bits per heavy atom. The van der Waals surface area contributed by atoms with Crippen molar-refractivity contribution >= 4 is 32.5 Å². The van der Waals surface area contributed by atoms with Crippen LogP contribution in [0.3, 0.4) is 0 Å². The summed E-state index contributed by atoms with van der Waals surface area (Å²) >= 11 is 1.44.